The standard InChI is InChI=1S/C28H31O3/c1-20(29-2)30-19-31-27-11-10-22(9-8-21-6-4-3-5-7-21)15-26(27)28-16-23-12-24(17-28)14-25(13-23)18-28/h4-7,10-11,15,20,23-25H,12-14,16-19H2,1-2H3. The molecular formula is C28H31O3. The molecule has 3 heteroatoms. The lowest BCUT2D eigenvalue weighted by Gasteiger charge is -2.57. The third-order valence-electron chi connectivity index (χ3n) is 7.51. The Morgan fingerprint density at radius 3 is 2.26 bits per heavy atom. The molecule has 0 saturated heterocycles. The highest BCUT2D eigenvalue weighted by molar-refractivity contribution is 5.50. The Morgan fingerprint density at radius 1 is 0.968 bits per heavy atom. The van der Waals surface area contributed by atoms with E-state index in [4.69, 9.17) is 14.2 Å². The molecule has 1 radical (unpaired) electrons. The normalized spacial score (nSPS) is 29.3. The smallest absolute Gasteiger partial charge is 0.191 e. The summed E-state index contributed by atoms with van der Waals surface area (Å²) in [5.41, 5.74) is 3.64. The Balaban J connectivity index is 1.46. The van der Waals surface area contributed by atoms with Crippen LogP contribution in [-0.4, -0.2) is 20.2 Å². The number of hydrogen-bond donors (Lipinski definition) is 0. The van der Waals surface area contributed by atoms with Crippen molar-refractivity contribution >= 4 is 0 Å². The highest BCUT2D eigenvalue weighted by Crippen LogP contribution is 2.61. The van der Waals surface area contributed by atoms with E-state index in [0.29, 0.717) is 0 Å². The van der Waals surface area contributed by atoms with Gasteiger partial charge in [-0.2, -0.15) is 0 Å². The van der Waals surface area contributed by atoms with Gasteiger partial charge in [-0.05, 0) is 105 Å². The Hall–Kier alpha value is -2.28. The minimum absolute atomic E-state index is 0.194. The van der Waals surface area contributed by atoms with Crippen molar-refractivity contribution in [2.45, 2.75) is 57.2 Å². The van der Waals surface area contributed by atoms with Crippen LogP contribution in [-0.2, 0) is 14.9 Å². The van der Waals surface area contributed by atoms with Crippen LogP contribution in [0.25, 0.3) is 0 Å². The van der Waals surface area contributed by atoms with Crippen LogP contribution in [0.4, 0.5) is 0 Å². The molecule has 0 amide bonds. The zero-order valence-electron chi connectivity index (χ0n) is 18.5. The minimum atomic E-state index is -0.281. The summed E-state index contributed by atoms with van der Waals surface area (Å²) in [6, 6.07) is 17.3. The van der Waals surface area contributed by atoms with E-state index in [1.807, 2.05) is 31.2 Å². The zero-order valence-corrected chi connectivity index (χ0v) is 18.5. The van der Waals surface area contributed by atoms with Crippen molar-refractivity contribution in [1.29, 1.82) is 0 Å². The van der Waals surface area contributed by atoms with Gasteiger partial charge >= 0.3 is 0 Å². The summed E-state index contributed by atoms with van der Waals surface area (Å²) in [7, 11) is 1.64. The van der Waals surface area contributed by atoms with Crippen molar-refractivity contribution in [3.05, 3.63) is 65.2 Å². The first-order valence-corrected chi connectivity index (χ1v) is 11.5. The van der Waals surface area contributed by atoms with Gasteiger partial charge in [-0.15, -0.1) is 0 Å². The lowest BCUT2D eigenvalue weighted by molar-refractivity contribution is -0.150. The molecule has 4 saturated carbocycles. The maximum atomic E-state index is 6.16. The van der Waals surface area contributed by atoms with Gasteiger partial charge in [0.1, 0.15) is 5.75 Å². The van der Waals surface area contributed by atoms with Crippen LogP contribution in [0.15, 0.2) is 42.5 Å². The van der Waals surface area contributed by atoms with Gasteiger partial charge in [-0.25, -0.2) is 0 Å². The van der Waals surface area contributed by atoms with Crippen LogP contribution in [0, 0.1) is 35.7 Å². The Kier molecular flexibility index (Phi) is 5.78. The first-order valence-electron chi connectivity index (χ1n) is 11.5. The molecule has 4 bridgehead atoms. The van der Waals surface area contributed by atoms with Crippen molar-refractivity contribution in [3.63, 3.8) is 0 Å². The molecule has 4 aliphatic carbocycles. The molecule has 4 aliphatic rings. The summed E-state index contributed by atoms with van der Waals surface area (Å²) in [5.74, 6) is 10.2. The molecule has 4 fully saturated rings. The largest absolute Gasteiger partial charge is 0.467 e. The molecule has 2 aromatic carbocycles. The van der Waals surface area contributed by atoms with Crippen molar-refractivity contribution in [3.8, 4) is 17.6 Å². The molecule has 2 aromatic rings. The number of rotatable bonds is 6. The van der Waals surface area contributed by atoms with E-state index in [9.17, 15) is 0 Å². The first-order chi connectivity index (χ1) is 15.1. The number of ether oxygens (including phenoxy) is 3. The average Bonchev–Trinajstić information content (AvgIpc) is 2.78. The van der Waals surface area contributed by atoms with Gasteiger partial charge in [0.2, 0.25) is 0 Å². The second kappa shape index (κ2) is 8.69. The van der Waals surface area contributed by atoms with E-state index in [2.05, 4.69) is 36.1 Å². The van der Waals surface area contributed by atoms with Crippen LogP contribution in [0.1, 0.15) is 62.1 Å². The molecule has 0 aromatic heterocycles. The van der Waals surface area contributed by atoms with Crippen molar-refractivity contribution < 1.29 is 14.2 Å². The molecule has 0 heterocycles. The number of methoxy groups -OCH3 is 1. The summed E-state index contributed by atoms with van der Waals surface area (Å²) >= 11 is 0. The Morgan fingerprint density at radius 2 is 1.61 bits per heavy atom. The van der Waals surface area contributed by atoms with Gasteiger partial charge < -0.3 is 14.2 Å². The van der Waals surface area contributed by atoms with E-state index in [-0.39, 0.29) is 18.5 Å². The minimum Gasteiger partial charge on any atom is -0.467 e. The van der Waals surface area contributed by atoms with Gasteiger partial charge in [0.25, 0.3) is 0 Å². The lowest BCUT2D eigenvalue weighted by Crippen LogP contribution is -2.48. The van der Waals surface area contributed by atoms with E-state index < -0.39 is 0 Å². The van der Waals surface area contributed by atoms with Gasteiger partial charge in [0, 0.05) is 23.8 Å². The second-order valence-corrected chi connectivity index (χ2v) is 9.68. The predicted molar refractivity (Wildman–Crippen MR) is 121 cm³/mol. The quantitative estimate of drug-likeness (QED) is 0.447. The van der Waals surface area contributed by atoms with E-state index in [1.165, 1.54) is 44.1 Å². The molecule has 31 heavy (non-hydrogen) atoms. The molecule has 1 unspecified atom stereocenters. The molecule has 161 valence electrons. The molecular weight excluding hydrogens is 384 g/mol. The van der Waals surface area contributed by atoms with Gasteiger partial charge in [0.15, 0.2) is 13.1 Å². The summed E-state index contributed by atoms with van der Waals surface area (Å²) in [4.78, 5) is 0. The third-order valence-corrected chi connectivity index (χ3v) is 7.51. The molecule has 3 nitrogen and oxygen atoms in total. The number of benzene rings is 2. The highest BCUT2D eigenvalue weighted by Gasteiger charge is 2.52. The maximum absolute atomic E-state index is 6.16. The van der Waals surface area contributed by atoms with Crippen LogP contribution in [0.3, 0.4) is 0 Å². The summed E-state index contributed by atoms with van der Waals surface area (Å²) < 4.78 is 17.0. The third kappa shape index (κ3) is 4.38. The van der Waals surface area contributed by atoms with Crippen molar-refractivity contribution in [2.75, 3.05) is 13.9 Å². The molecule has 0 aliphatic heterocycles. The van der Waals surface area contributed by atoms with Crippen LogP contribution in [0.5, 0.6) is 5.75 Å². The van der Waals surface area contributed by atoms with Crippen molar-refractivity contribution in [1.82, 2.24) is 0 Å². The Bertz CT molecular complexity index is 933. The predicted octanol–water partition coefficient (Wildman–Crippen LogP) is 5.70. The van der Waals surface area contributed by atoms with Gasteiger partial charge in [-0.1, -0.05) is 24.0 Å². The molecule has 6 rings (SSSR count). The zero-order chi connectivity index (χ0) is 21.3. The SMILES string of the molecule is COC(C)OCOc1ccc(C#Cc2cc[c]cc2)cc1C12CC3CC(CC(C3)C1)C2. The van der Waals surface area contributed by atoms with E-state index in [1.54, 1.807) is 7.11 Å². The highest BCUT2D eigenvalue weighted by atomic mass is 16.7. The summed E-state index contributed by atoms with van der Waals surface area (Å²) in [6.07, 6.45) is 7.86. The van der Waals surface area contributed by atoms with Crippen LogP contribution in [0.2, 0.25) is 0 Å². The van der Waals surface area contributed by atoms with Crippen LogP contribution < -0.4 is 4.74 Å². The van der Waals surface area contributed by atoms with E-state index >= 15 is 0 Å². The topological polar surface area (TPSA) is 27.7 Å². The van der Waals surface area contributed by atoms with Crippen molar-refractivity contribution in [2.24, 2.45) is 17.8 Å². The maximum Gasteiger partial charge on any atom is 0.191 e. The fraction of sp³-hybridized carbons (Fsp3) is 0.500. The van der Waals surface area contributed by atoms with Gasteiger partial charge in [-0.3, -0.25) is 0 Å². The number of hydrogen-bond acceptors (Lipinski definition) is 3. The van der Waals surface area contributed by atoms with E-state index in [0.717, 1.165) is 34.6 Å². The first kappa shape index (κ1) is 20.6. The summed E-state index contributed by atoms with van der Waals surface area (Å²) in [6.45, 7) is 2.07. The van der Waals surface area contributed by atoms with Gasteiger partial charge in [0.05, 0.1) is 0 Å². The molecule has 1 atom stereocenters. The molecule has 0 spiro atoms. The second-order valence-electron chi connectivity index (χ2n) is 9.68. The summed E-state index contributed by atoms with van der Waals surface area (Å²) in [5, 5.41) is 0. The van der Waals surface area contributed by atoms with Crippen LogP contribution >= 0.6 is 0 Å². The fourth-order valence-corrected chi connectivity index (χ4v) is 6.46. The fourth-order valence-electron chi connectivity index (χ4n) is 6.46. The Labute approximate surface area is 186 Å². The monoisotopic (exact) mass is 415 g/mol. The average molecular weight is 416 g/mol. The molecule has 0 N–H and O–H groups in total. The lowest BCUT2D eigenvalue weighted by atomic mass is 9.48.